The predicted molar refractivity (Wildman–Crippen MR) is 61.5 cm³/mol. The normalized spacial score (nSPS) is 10.2. The number of hydrogen-bond acceptors (Lipinski definition) is 3. The van der Waals surface area contributed by atoms with Gasteiger partial charge in [-0.3, -0.25) is 0 Å². The second-order valence-electron chi connectivity index (χ2n) is 3.55. The highest BCUT2D eigenvalue weighted by Gasteiger charge is 2.06. The molecule has 0 saturated heterocycles. The van der Waals surface area contributed by atoms with Crippen LogP contribution in [0.1, 0.15) is 5.56 Å². The zero-order valence-corrected chi connectivity index (χ0v) is 9.69. The summed E-state index contributed by atoms with van der Waals surface area (Å²) in [4.78, 5) is 3.45. The number of methoxy groups -OCH3 is 1. The third-order valence-corrected chi connectivity index (χ3v) is 2.34. The maximum absolute atomic E-state index is 13.4. The molecule has 1 heterocycles. The second kappa shape index (κ2) is 5.44. The van der Waals surface area contributed by atoms with E-state index in [4.69, 9.17) is 9.47 Å². The lowest BCUT2D eigenvalue weighted by Gasteiger charge is -2.08. The van der Waals surface area contributed by atoms with Gasteiger partial charge < -0.3 is 9.47 Å². The summed E-state index contributed by atoms with van der Waals surface area (Å²) in [5.74, 6) is -0.975. The van der Waals surface area contributed by atoms with Gasteiger partial charge in [-0.25, -0.2) is 9.37 Å². The van der Waals surface area contributed by atoms with Gasteiger partial charge in [-0.15, -0.1) is 0 Å². The third kappa shape index (κ3) is 2.74. The van der Waals surface area contributed by atoms with Gasteiger partial charge >= 0.3 is 0 Å². The van der Waals surface area contributed by atoms with Gasteiger partial charge in [0.1, 0.15) is 6.61 Å². The maximum atomic E-state index is 13.4. The van der Waals surface area contributed by atoms with Crippen LogP contribution in [0.2, 0.25) is 0 Å². The van der Waals surface area contributed by atoms with E-state index in [-0.39, 0.29) is 18.1 Å². The summed E-state index contributed by atoms with van der Waals surface area (Å²) in [5, 5.41) is 0. The molecule has 0 aliphatic rings. The monoisotopic (exact) mass is 251 g/mol. The van der Waals surface area contributed by atoms with Gasteiger partial charge in [-0.2, -0.15) is 4.39 Å². The predicted octanol–water partition coefficient (Wildman–Crippen LogP) is 2.95. The molecule has 0 unspecified atom stereocenters. The molecule has 0 N–H and O–H groups in total. The van der Waals surface area contributed by atoms with Crippen molar-refractivity contribution in [2.45, 2.75) is 6.61 Å². The molecule has 0 amide bonds. The van der Waals surface area contributed by atoms with Crippen LogP contribution in [0.25, 0.3) is 0 Å². The summed E-state index contributed by atoms with van der Waals surface area (Å²) in [6.07, 6.45) is 1.33. The van der Waals surface area contributed by atoms with Gasteiger partial charge in [0.15, 0.2) is 17.3 Å². The fraction of sp³-hybridized carbons (Fsp3) is 0.154. The minimum absolute atomic E-state index is 0.0359. The van der Waals surface area contributed by atoms with Crippen molar-refractivity contribution in [2.24, 2.45) is 0 Å². The number of ether oxygens (including phenoxy) is 2. The van der Waals surface area contributed by atoms with Crippen molar-refractivity contribution in [3.8, 4) is 11.5 Å². The number of pyridine rings is 1. The summed E-state index contributed by atoms with van der Waals surface area (Å²) in [6, 6.07) is 7.45. The molecule has 5 heteroatoms. The van der Waals surface area contributed by atoms with Crippen molar-refractivity contribution in [1.82, 2.24) is 4.98 Å². The van der Waals surface area contributed by atoms with Gasteiger partial charge in [0.25, 0.3) is 5.95 Å². The lowest BCUT2D eigenvalue weighted by molar-refractivity contribution is 0.285. The van der Waals surface area contributed by atoms with Crippen molar-refractivity contribution >= 4 is 0 Å². The van der Waals surface area contributed by atoms with E-state index in [2.05, 4.69) is 4.98 Å². The molecule has 0 saturated carbocycles. The van der Waals surface area contributed by atoms with E-state index in [1.54, 1.807) is 12.1 Å². The first-order chi connectivity index (χ1) is 8.70. The van der Waals surface area contributed by atoms with Gasteiger partial charge in [-0.1, -0.05) is 6.07 Å². The van der Waals surface area contributed by atoms with Crippen LogP contribution in [0.3, 0.4) is 0 Å². The molecule has 0 aliphatic heterocycles. The zero-order chi connectivity index (χ0) is 13.0. The summed E-state index contributed by atoms with van der Waals surface area (Å²) in [7, 11) is 1.39. The first-order valence-corrected chi connectivity index (χ1v) is 5.26. The Labute approximate surface area is 103 Å². The number of halogens is 2. The zero-order valence-electron chi connectivity index (χ0n) is 9.69. The molecule has 94 valence electrons. The Balaban J connectivity index is 2.07. The number of rotatable bonds is 4. The van der Waals surface area contributed by atoms with E-state index < -0.39 is 11.8 Å². The minimum Gasteiger partial charge on any atom is -0.494 e. The third-order valence-electron chi connectivity index (χ3n) is 2.34. The molecule has 0 spiro atoms. The van der Waals surface area contributed by atoms with E-state index in [0.29, 0.717) is 5.56 Å². The summed E-state index contributed by atoms with van der Waals surface area (Å²) < 4.78 is 36.6. The van der Waals surface area contributed by atoms with Crippen molar-refractivity contribution in [3.05, 3.63) is 53.9 Å². The first kappa shape index (κ1) is 12.3. The standard InChI is InChI=1S/C13H11F2NO2/c1-17-11-5-4-9(7-10(11)14)8-18-12-3-2-6-16-13(12)15/h2-7H,8H2,1H3. The second-order valence-corrected chi connectivity index (χ2v) is 3.55. The maximum Gasteiger partial charge on any atom is 0.255 e. The van der Waals surface area contributed by atoms with Crippen LogP contribution in [0.4, 0.5) is 8.78 Å². The highest BCUT2D eigenvalue weighted by atomic mass is 19.1. The molecule has 0 aliphatic carbocycles. The Morgan fingerprint density at radius 3 is 2.67 bits per heavy atom. The SMILES string of the molecule is COc1ccc(COc2cccnc2F)cc1F. The van der Waals surface area contributed by atoms with Crippen LogP contribution in [-0.4, -0.2) is 12.1 Å². The number of hydrogen-bond donors (Lipinski definition) is 0. The molecule has 0 fully saturated rings. The highest BCUT2D eigenvalue weighted by Crippen LogP contribution is 2.20. The molecule has 3 nitrogen and oxygen atoms in total. The molecule has 0 radical (unpaired) electrons. The van der Waals surface area contributed by atoms with E-state index in [0.717, 1.165) is 0 Å². The quantitative estimate of drug-likeness (QED) is 0.783. The number of benzene rings is 1. The highest BCUT2D eigenvalue weighted by molar-refractivity contribution is 5.29. The summed E-state index contributed by atoms with van der Waals surface area (Å²) >= 11 is 0. The van der Waals surface area contributed by atoms with Gasteiger partial charge in [0.2, 0.25) is 0 Å². The number of aromatic nitrogens is 1. The Kier molecular flexibility index (Phi) is 3.72. The van der Waals surface area contributed by atoms with Crippen molar-refractivity contribution < 1.29 is 18.3 Å². The fourth-order valence-corrected chi connectivity index (χ4v) is 1.44. The summed E-state index contributed by atoms with van der Waals surface area (Å²) in [6.45, 7) is 0.0591. The topological polar surface area (TPSA) is 31.4 Å². The van der Waals surface area contributed by atoms with E-state index in [1.807, 2.05) is 0 Å². The average molecular weight is 251 g/mol. The Morgan fingerprint density at radius 1 is 1.17 bits per heavy atom. The van der Waals surface area contributed by atoms with Crippen LogP contribution in [0.5, 0.6) is 11.5 Å². The van der Waals surface area contributed by atoms with E-state index in [9.17, 15) is 8.78 Å². The summed E-state index contributed by atoms with van der Waals surface area (Å²) in [5.41, 5.74) is 0.580. The average Bonchev–Trinajstić information content (AvgIpc) is 2.38. The molecule has 18 heavy (non-hydrogen) atoms. The molecular formula is C13H11F2NO2. The Morgan fingerprint density at radius 2 is 2.00 bits per heavy atom. The van der Waals surface area contributed by atoms with Crippen molar-refractivity contribution in [3.63, 3.8) is 0 Å². The smallest absolute Gasteiger partial charge is 0.255 e. The van der Waals surface area contributed by atoms with Gasteiger partial charge in [-0.05, 0) is 29.8 Å². The van der Waals surface area contributed by atoms with Crippen molar-refractivity contribution in [1.29, 1.82) is 0 Å². The Hall–Kier alpha value is -2.17. The van der Waals surface area contributed by atoms with Crippen LogP contribution >= 0.6 is 0 Å². The molecule has 0 bridgehead atoms. The van der Waals surface area contributed by atoms with Crippen LogP contribution < -0.4 is 9.47 Å². The molecule has 0 atom stereocenters. The molecule has 1 aromatic carbocycles. The molecule has 2 rings (SSSR count). The van der Waals surface area contributed by atoms with E-state index in [1.165, 1.54) is 31.5 Å². The van der Waals surface area contributed by atoms with Crippen LogP contribution in [0.15, 0.2) is 36.5 Å². The van der Waals surface area contributed by atoms with Crippen LogP contribution in [0, 0.1) is 11.8 Å². The van der Waals surface area contributed by atoms with Crippen LogP contribution in [-0.2, 0) is 6.61 Å². The van der Waals surface area contributed by atoms with Gasteiger partial charge in [0, 0.05) is 6.20 Å². The van der Waals surface area contributed by atoms with Gasteiger partial charge in [0.05, 0.1) is 7.11 Å². The van der Waals surface area contributed by atoms with Crippen molar-refractivity contribution in [2.75, 3.05) is 7.11 Å². The molecule has 2 aromatic rings. The minimum atomic E-state index is -0.688. The lowest BCUT2D eigenvalue weighted by Crippen LogP contribution is -1.99. The van der Waals surface area contributed by atoms with E-state index >= 15 is 0 Å². The molecular weight excluding hydrogens is 240 g/mol. The Bertz CT molecular complexity index is 546. The fourth-order valence-electron chi connectivity index (χ4n) is 1.44. The first-order valence-electron chi connectivity index (χ1n) is 5.26. The largest absolute Gasteiger partial charge is 0.494 e. The number of nitrogens with zero attached hydrogens (tertiary/aromatic N) is 1. The lowest BCUT2D eigenvalue weighted by atomic mass is 10.2. The molecule has 1 aromatic heterocycles.